The van der Waals surface area contributed by atoms with Gasteiger partial charge in [0, 0.05) is 22.1 Å². The molecule has 0 aromatic heterocycles. The Hall–Kier alpha value is -1.59. The number of ether oxygens (including phenoxy) is 2. The molecule has 0 amide bonds. The number of hydrogen-bond donors (Lipinski definition) is 1. The zero-order valence-electron chi connectivity index (χ0n) is 14.8. The fourth-order valence-electron chi connectivity index (χ4n) is 2.54. The highest BCUT2D eigenvalue weighted by Crippen LogP contribution is 2.36. The van der Waals surface area contributed by atoms with E-state index in [1.54, 1.807) is 25.3 Å². The highest BCUT2D eigenvalue weighted by atomic mass is 79.9. The Morgan fingerprint density at radius 2 is 1.92 bits per heavy atom. The summed E-state index contributed by atoms with van der Waals surface area (Å²) in [5.41, 5.74) is 1.50. The third-order valence-corrected chi connectivity index (χ3v) is 4.72. The molecule has 0 saturated heterocycles. The molecule has 5 heteroatoms. The number of benzene rings is 2. The van der Waals surface area contributed by atoms with E-state index in [0.717, 1.165) is 23.0 Å². The van der Waals surface area contributed by atoms with E-state index in [4.69, 9.17) is 9.47 Å². The van der Waals surface area contributed by atoms with Crippen LogP contribution in [0.25, 0.3) is 0 Å². The zero-order chi connectivity index (χ0) is 18.1. The molecule has 0 spiro atoms. The van der Waals surface area contributed by atoms with Crippen LogP contribution in [0, 0.1) is 5.82 Å². The van der Waals surface area contributed by atoms with Gasteiger partial charge in [-0.25, -0.2) is 4.39 Å². The van der Waals surface area contributed by atoms with Crippen molar-refractivity contribution in [2.45, 2.75) is 39.3 Å². The van der Waals surface area contributed by atoms with Gasteiger partial charge < -0.3 is 14.8 Å². The van der Waals surface area contributed by atoms with Gasteiger partial charge in [0.25, 0.3) is 0 Å². The minimum atomic E-state index is -0.268. The summed E-state index contributed by atoms with van der Waals surface area (Å²) in [7, 11) is 1.61. The summed E-state index contributed by atoms with van der Waals surface area (Å²) < 4.78 is 26.2. The molecule has 3 nitrogen and oxygen atoms in total. The number of methoxy groups -OCH3 is 1. The second kappa shape index (κ2) is 10.4. The predicted octanol–water partition coefficient (Wildman–Crippen LogP) is 5.46. The summed E-state index contributed by atoms with van der Waals surface area (Å²) in [6, 6.07) is 10.4. The lowest BCUT2D eigenvalue weighted by molar-refractivity contribution is 0.275. The second-order valence-electron chi connectivity index (χ2n) is 5.82. The Bertz CT molecular complexity index is 679. The van der Waals surface area contributed by atoms with Crippen LogP contribution in [0.4, 0.5) is 4.39 Å². The van der Waals surface area contributed by atoms with Gasteiger partial charge in [0.15, 0.2) is 11.5 Å². The van der Waals surface area contributed by atoms with Crippen molar-refractivity contribution in [3.8, 4) is 11.5 Å². The van der Waals surface area contributed by atoms with Crippen LogP contribution in [0.5, 0.6) is 11.5 Å². The van der Waals surface area contributed by atoms with Gasteiger partial charge in [0.2, 0.25) is 0 Å². The van der Waals surface area contributed by atoms with Crippen LogP contribution in [-0.4, -0.2) is 13.7 Å². The number of hydrogen-bond acceptors (Lipinski definition) is 3. The van der Waals surface area contributed by atoms with Crippen LogP contribution < -0.4 is 14.8 Å². The Morgan fingerprint density at radius 1 is 1.12 bits per heavy atom. The molecule has 0 unspecified atom stereocenters. The quantitative estimate of drug-likeness (QED) is 0.528. The molecule has 0 saturated carbocycles. The Balaban J connectivity index is 2.13. The fraction of sp³-hybridized carbons (Fsp3) is 0.400. The summed E-state index contributed by atoms with van der Waals surface area (Å²) in [6.07, 6.45) is 3.55. The first-order valence-corrected chi connectivity index (χ1v) is 9.39. The van der Waals surface area contributed by atoms with Gasteiger partial charge >= 0.3 is 0 Å². The van der Waals surface area contributed by atoms with E-state index in [9.17, 15) is 4.39 Å². The van der Waals surface area contributed by atoms with Gasteiger partial charge in [-0.15, -0.1) is 0 Å². The van der Waals surface area contributed by atoms with Gasteiger partial charge in [-0.1, -0.05) is 53.9 Å². The molecule has 2 aromatic rings. The van der Waals surface area contributed by atoms with Crippen molar-refractivity contribution in [2.24, 2.45) is 0 Å². The highest BCUT2D eigenvalue weighted by Gasteiger charge is 2.15. The first-order valence-electron chi connectivity index (χ1n) is 8.59. The molecule has 0 fully saturated rings. The largest absolute Gasteiger partial charge is 0.493 e. The van der Waals surface area contributed by atoms with Gasteiger partial charge in [-0.05, 0) is 31.2 Å². The van der Waals surface area contributed by atoms with Gasteiger partial charge in [0.05, 0.1) is 7.11 Å². The van der Waals surface area contributed by atoms with Crippen molar-refractivity contribution < 1.29 is 13.9 Å². The first-order chi connectivity index (χ1) is 12.2. The smallest absolute Gasteiger partial charge is 0.167 e. The molecule has 0 radical (unpaired) electrons. The van der Waals surface area contributed by atoms with E-state index >= 15 is 0 Å². The van der Waals surface area contributed by atoms with Crippen LogP contribution in [0.3, 0.4) is 0 Å². The van der Waals surface area contributed by atoms with Crippen molar-refractivity contribution in [1.82, 2.24) is 5.32 Å². The first kappa shape index (κ1) is 19.7. The highest BCUT2D eigenvalue weighted by molar-refractivity contribution is 9.10. The molecule has 136 valence electrons. The number of rotatable bonds is 10. The van der Waals surface area contributed by atoms with Crippen LogP contribution in [0.15, 0.2) is 40.9 Å². The average molecular weight is 410 g/mol. The third kappa shape index (κ3) is 5.72. The van der Waals surface area contributed by atoms with Crippen molar-refractivity contribution in [2.75, 3.05) is 13.7 Å². The van der Waals surface area contributed by atoms with Gasteiger partial charge in [-0.3, -0.25) is 0 Å². The molecule has 0 aliphatic carbocycles. The van der Waals surface area contributed by atoms with E-state index in [1.165, 1.54) is 18.9 Å². The van der Waals surface area contributed by atoms with E-state index in [1.807, 2.05) is 12.1 Å². The number of halogens is 2. The Kier molecular flexibility index (Phi) is 8.22. The van der Waals surface area contributed by atoms with Gasteiger partial charge in [0.1, 0.15) is 12.4 Å². The van der Waals surface area contributed by atoms with Gasteiger partial charge in [-0.2, -0.15) is 0 Å². The molecule has 1 N–H and O–H groups in total. The molecular weight excluding hydrogens is 385 g/mol. The molecule has 0 aliphatic heterocycles. The lowest BCUT2D eigenvalue weighted by Gasteiger charge is -2.17. The van der Waals surface area contributed by atoms with Crippen molar-refractivity contribution >= 4 is 15.9 Å². The fourth-order valence-corrected chi connectivity index (χ4v) is 3.00. The molecule has 0 heterocycles. The molecule has 2 aromatic carbocycles. The minimum absolute atomic E-state index is 0.155. The molecular formula is C20H25BrFNO2. The van der Waals surface area contributed by atoms with Crippen LogP contribution in [0.2, 0.25) is 0 Å². The van der Waals surface area contributed by atoms with Crippen molar-refractivity contribution in [3.05, 3.63) is 57.8 Å². The Morgan fingerprint density at radius 3 is 2.64 bits per heavy atom. The molecule has 0 aliphatic rings. The molecule has 25 heavy (non-hydrogen) atoms. The van der Waals surface area contributed by atoms with Crippen LogP contribution >= 0.6 is 15.9 Å². The number of nitrogens with one attached hydrogen (secondary N) is 1. The topological polar surface area (TPSA) is 30.5 Å². The summed E-state index contributed by atoms with van der Waals surface area (Å²) in [5.74, 6) is 1.02. The Labute approximate surface area is 157 Å². The lowest BCUT2D eigenvalue weighted by atomic mass is 10.1. The summed E-state index contributed by atoms with van der Waals surface area (Å²) in [4.78, 5) is 0. The van der Waals surface area contributed by atoms with E-state index in [-0.39, 0.29) is 12.4 Å². The normalized spacial score (nSPS) is 10.7. The molecule has 0 bridgehead atoms. The van der Waals surface area contributed by atoms with E-state index < -0.39 is 0 Å². The maximum absolute atomic E-state index is 13.8. The van der Waals surface area contributed by atoms with E-state index in [2.05, 4.69) is 28.2 Å². The summed E-state index contributed by atoms with van der Waals surface area (Å²) in [5, 5.41) is 3.44. The third-order valence-electron chi connectivity index (χ3n) is 3.98. The molecule has 0 atom stereocenters. The van der Waals surface area contributed by atoms with E-state index in [0.29, 0.717) is 23.6 Å². The predicted molar refractivity (Wildman–Crippen MR) is 103 cm³/mol. The lowest BCUT2D eigenvalue weighted by Crippen LogP contribution is -2.16. The monoisotopic (exact) mass is 409 g/mol. The standard InChI is InChI=1S/C20H25BrFNO2/c1-3-4-7-12-23-13-16-17(21)10-11-19(24-2)20(16)25-14-15-8-5-6-9-18(15)22/h5-6,8-11,23H,3-4,7,12-14H2,1-2H3. The summed E-state index contributed by atoms with van der Waals surface area (Å²) in [6.45, 7) is 3.95. The minimum Gasteiger partial charge on any atom is -0.493 e. The maximum atomic E-state index is 13.8. The van der Waals surface area contributed by atoms with Crippen molar-refractivity contribution in [3.63, 3.8) is 0 Å². The number of unbranched alkanes of at least 4 members (excludes halogenated alkanes) is 2. The SMILES string of the molecule is CCCCCNCc1c(Br)ccc(OC)c1OCc1ccccc1F. The molecule has 2 rings (SSSR count). The van der Waals surface area contributed by atoms with Crippen molar-refractivity contribution in [1.29, 1.82) is 0 Å². The second-order valence-corrected chi connectivity index (χ2v) is 6.68. The zero-order valence-corrected chi connectivity index (χ0v) is 16.4. The van der Waals surface area contributed by atoms with Crippen LogP contribution in [-0.2, 0) is 13.2 Å². The summed E-state index contributed by atoms with van der Waals surface area (Å²) >= 11 is 3.58. The average Bonchev–Trinajstić information content (AvgIpc) is 2.62. The maximum Gasteiger partial charge on any atom is 0.167 e. The van der Waals surface area contributed by atoms with Crippen LogP contribution in [0.1, 0.15) is 37.3 Å².